The fourth-order valence-corrected chi connectivity index (χ4v) is 2.84. The van der Waals surface area contributed by atoms with E-state index in [-0.39, 0.29) is 11.8 Å². The molecule has 0 saturated carbocycles. The molecule has 0 spiro atoms. The first-order valence-corrected chi connectivity index (χ1v) is 7.99. The van der Waals surface area contributed by atoms with Gasteiger partial charge in [0.25, 0.3) is 0 Å². The van der Waals surface area contributed by atoms with Crippen molar-refractivity contribution in [1.82, 2.24) is 19.6 Å². The highest BCUT2D eigenvalue weighted by atomic mass is 32.1. The summed E-state index contributed by atoms with van der Waals surface area (Å²) in [5.74, 6) is 0.110. The molecule has 0 aliphatic heterocycles. The molecule has 0 bridgehead atoms. The van der Waals surface area contributed by atoms with Crippen molar-refractivity contribution in [3.8, 4) is 11.4 Å². The van der Waals surface area contributed by atoms with Crippen molar-refractivity contribution >= 4 is 12.2 Å². The van der Waals surface area contributed by atoms with Gasteiger partial charge in [0.1, 0.15) is 16.1 Å². The van der Waals surface area contributed by atoms with Gasteiger partial charge < -0.3 is 9.67 Å². The molecule has 0 fully saturated rings. The number of hydrogen-bond donors (Lipinski definition) is 1. The predicted octanol–water partition coefficient (Wildman–Crippen LogP) is 3.89. The molecule has 3 rings (SSSR count). The molecule has 0 aliphatic rings. The van der Waals surface area contributed by atoms with Crippen LogP contribution in [0.4, 0.5) is 0 Å². The smallest absolute Gasteiger partial charge is 0.150 e. The maximum absolute atomic E-state index is 9.88. The van der Waals surface area contributed by atoms with Crippen molar-refractivity contribution in [3.05, 3.63) is 65.2 Å². The lowest BCUT2D eigenvalue weighted by Gasteiger charge is -2.18. The fraction of sp³-hybridized carbons (Fsp3) is 0.235. The van der Waals surface area contributed by atoms with Crippen molar-refractivity contribution in [1.29, 1.82) is 0 Å². The lowest BCUT2D eigenvalue weighted by Crippen LogP contribution is -2.12. The predicted molar refractivity (Wildman–Crippen MR) is 91.3 cm³/mol. The van der Waals surface area contributed by atoms with Crippen LogP contribution in [0.3, 0.4) is 0 Å². The fourth-order valence-electron chi connectivity index (χ4n) is 2.58. The minimum absolute atomic E-state index is 0.0444. The summed E-state index contributed by atoms with van der Waals surface area (Å²) >= 11 is 5.34. The number of benzene rings is 1. The van der Waals surface area contributed by atoms with E-state index >= 15 is 0 Å². The standard InChI is InChI=1S/C17H18N4OS/c1-2-7-15(20-11-6-10-16(22)17(20)23)14-12-21(19-18-14)13-8-4-3-5-9-13/h3-6,8-12,15,22H,2,7H2,1H3. The van der Waals surface area contributed by atoms with Crippen LogP contribution in [0.5, 0.6) is 5.75 Å². The summed E-state index contributed by atoms with van der Waals surface area (Å²) < 4.78 is 4.05. The molecule has 5 nitrogen and oxygen atoms in total. The molecule has 0 radical (unpaired) electrons. The monoisotopic (exact) mass is 326 g/mol. The number of nitrogens with zero attached hydrogens (tertiary/aromatic N) is 4. The first-order valence-electron chi connectivity index (χ1n) is 7.58. The van der Waals surface area contributed by atoms with Gasteiger partial charge in [-0.25, -0.2) is 4.68 Å². The number of pyridine rings is 1. The van der Waals surface area contributed by atoms with Crippen molar-refractivity contribution < 1.29 is 5.11 Å². The zero-order chi connectivity index (χ0) is 16.2. The van der Waals surface area contributed by atoms with Gasteiger partial charge in [-0.15, -0.1) is 5.10 Å². The van der Waals surface area contributed by atoms with Crippen molar-refractivity contribution in [2.75, 3.05) is 0 Å². The molecule has 0 saturated heterocycles. The Morgan fingerprint density at radius 1 is 1.17 bits per heavy atom. The second-order valence-electron chi connectivity index (χ2n) is 5.33. The molecule has 1 unspecified atom stereocenters. The molecule has 3 aromatic rings. The molecule has 6 heteroatoms. The van der Waals surface area contributed by atoms with Crippen LogP contribution in [0.25, 0.3) is 5.69 Å². The third-order valence-corrected chi connectivity index (χ3v) is 4.15. The number of para-hydroxylation sites is 1. The molecule has 1 atom stereocenters. The number of aromatic hydroxyl groups is 1. The van der Waals surface area contributed by atoms with Gasteiger partial charge in [-0.05, 0) is 30.7 Å². The lowest BCUT2D eigenvalue weighted by molar-refractivity contribution is 0.447. The van der Waals surface area contributed by atoms with Crippen LogP contribution in [0.1, 0.15) is 31.5 Å². The molecular weight excluding hydrogens is 308 g/mol. The number of aromatic nitrogens is 4. The van der Waals surface area contributed by atoms with Crippen molar-refractivity contribution in [2.24, 2.45) is 0 Å². The Bertz CT molecular complexity index is 841. The highest BCUT2D eigenvalue weighted by Gasteiger charge is 2.18. The minimum atomic E-state index is -0.0444. The normalized spacial score (nSPS) is 12.2. The molecular formula is C17H18N4OS. The maximum Gasteiger partial charge on any atom is 0.150 e. The average molecular weight is 326 g/mol. The van der Waals surface area contributed by atoms with Crippen molar-refractivity contribution in [3.63, 3.8) is 0 Å². The summed E-state index contributed by atoms with van der Waals surface area (Å²) in [6, 6.07) is 13.2. The van der Waals surface area contributed by atoms with Crippen LogP contribution in [-0.4, -0.2) is 24.7 Å². The van der Waals surface area contributed by atoms with Gasteiger partial charge in [0, 0.05) is 6.20 Å². The lowest BCUT2D eigenvalue weighted by atomic mass is 10.1. The van der Waals surface area contributed by atoms with Gasteiger partial charge in [-0.2, -0.15) is 0 Å². The van der Waals surface area contributed by atoms with E-state index in [0.717, 1.165) is 24.2 Å². The average Bonchev–Trinajstić information content (AvgIpc) is 3.06. The van der Waals surface area contributed by atoms with E-state index in [9.17, 15) is 5.11 Å². The Morgan fingerprint density at radius 3 is 2.70 bits per heavy atom. The Kier molecular flexibility index (Phi) is 4.52. The SMILES string of the molecule is CCCC(c1cn(-c2ccccc2)nn1)n1cccc(O)c1=S. The van der Waals surface area contributed by atoms with E-state index in [1.54, 1.807) is 16.8 Å². The van der Waals surface area contributed by atoms with E-state index in [4.69, 9.17) is 12.2 Å². The first kappa shape index (κ1) is 15.4. The Morgan fingerprint density at radius 2 is 1.96 bits per heavy atom. The molecule has 2 heterocycles. The van der Waals surface area contributed by atoms with Crippen LogP contribution in [-0.2, 0) is 0 Å². The third-order valence-electron chi connectivity index (χ3n) is 3.73. The van der Waals surface area contributed by atoms with Gasteiger partial charge in [0.05, 0.1) is 17.9 Å². The van der Waals surface area contributed by atoms with Gasteiger partial charge in [0.2, 0.25) is 0 Å². The maximum atomic E-state index is 9.88. The van der Waals surface area contributed by atoms with E-state index in [1.165, 1.54) is 0 Å². The topological polar surface area (TPSA) is 55.9 Å². The van der Waals surface area contributed by atoms with Crippen LogP contribution in [0, 0.1) is 4.64 Å². The van der Waals surface area contributed by atoms with Gasteiger partial charge >= 0.3 is 0 Å². The minimum Gasteiger partial charge on any atom is -0.505 e. The summed E-state index contributed by atoms with van der Waals surface area (Å²) in [6.45, 7) is 2.11. The quantitative estimate of drug-likeness (QED) is 0.723. The van der Waals surface area contributed by atoms with E-state index in [2.05, 4.69) is 17.2 Å². The Labute approximate surface area is 139 Å². The van der Waals surface area contributed by atoms with E-state index in [0.29, 0.717) is 4.64 Å². The molecule has 0 amide bonds. The Balaban J connectivity index is 2.01. The molecule has 23 heavy (non-hydrogen) atoms. The van der Waals surface area contributed by atoms with Gasteiger partial charge in [-0.1, -0.05) is 49.0 Å². The summed E-state index contributed by atoms with van der Waals surface area (Å²) in [5.41, 5.74) is 1.79. The van der Waals surface area contributed by atoms with Crippen LogP contribution in [0.15, 0.2) is 54.9 Å². The van der Waals surface area contributed by atoms with Gasteiger partial charge in [-0.3, -0.25) is 0 Å². The molecule has 1 aromatic carbocycles. The van der Waals surface area contributed by atoms with Gasteiger partial charge in [0.15, 0.2) is 0 Å². The van der Waals surface area contributed by atoms with Crippen LogP contribution in [0.2, 0.25) is 0 Å². The molecule has 118 valence electrons. The van der Waals surface area contributed by atoms with Crippen LogP contribution < -0.4 is 0 Å². The molecule has 1 N–H and O–H groups in total. The van der Waals surface area contributed by atoms with E-state index in [1.807, 2.05) is 47.3 Å². The largest absolute Gasteiger partial charge is 0.505 e. The zero-order valence-corrected chi connectivity index (χ0v) is 13.6. The Hall–Kier alpha value is -2.47. The van der Waals surface area contributed by atoms with E-state index < -0.39 is 0 Å². The highest BCUT2D eigenvalue weighted by molar-refractivity contribution is 7.71. The van der Waals surface area contributed by atoms with Crippen LogP contribution >= 0.6 is 12.2 Å². The summed E-state index contributed by atoms with van der Waals surface area (Å²) in [6.07, 6.45) is 5.64. The second-order valence-corrected chi connectivity index (χ2v) is 5.72. The number of rotatable bonds is 5. The zero-order valence-electron chi connectivity index (χ0n) is 12.8. The highest BCUT2D eigenvalue weighted by Crippen LogP contribution is 2.25. The number of hydrogen-bond acceptors (Lipinski definition) is 4. The first-order chi connectivity index (χ1) is 11.2. The third kappa shape index (κ3) is 3.17. The van der Waals surface area contributed by atoms with Crippen molar-refractivity contribution in [2.45, 2.75) is 25.8 Å². The molecule has 0 aliphatic carbocycles. The second kappa shape index (κ2) is 6.75. The summed E-state index contributed by atoms with van der Waals surface area (Å²) in [4.78, 5) is 0. The summed E-state index contributed by atoms with van der Waals surface area (Å²) in [5, 5.41) is 18.4. The summed E-state index contributed by atoms with van der Waals surface area (Å²) in [7, 11) is 0. The molecule has 2 aromatic heterocycles.